The molecule has 2 heterocycles. The Morgan fingerprint density at radius 3 is 2.36 bits per heavy atom. The minimum absolute atomic E-state index is 0.349. The monoisotopic (exact) mass is 340 g/mol. The van der Waals surface area contributed by atoms with Gasteiger partial charge in [0.15, 0.2) is 0 Å². The highest BCUT2D eigenvalue weighted by molar-refractivity contribution is 7.99. The minimum Gasteiger partial charge on any atom is -0.481 e. The molecule has 2 aliphatic heterocycles. The number of hydrogen-bond acceptors (Lipinski definition) is 3. The van der Waals surface area contributed by atoms with E-state index >= 15 is 0 Å². The summed E-state index contributed by atoms with van der Waals surface area (Å²) in [5.41, 5.74) is 0. The highest BCUT2D eigenvalue weighted by atomic mass is 32.2. The van der Waals surface area contributed by atoms with Gasteiger partial charge in [-0.25, -0.2) is 4.79 Å². The molecule has 0 saturated carbocycles. The molecule has 2 rings (SSSR count). The molecule has 126 valence electrons. The van der Waals surface area contributed by atoms with Gasteiger partial charge in [-0.2, -0.15) is 24.9 Å². The third-order valence-electron chi connectivity index (χ3n) is 4.23. The van der Waals surface area contributed by atoms with Crippen molar-refractivity contribution >= 4 is 23.8 Å². The number of halogens is 3. The first-order valence-electron chi connectivity index (χ1n) is 7.19. The molecule has 0 unspecified atom stereocenters. The predicted molar refractivity (Wildman–Crippen MR) is 75.7 cm³/mol. The quantitative estimate of drug-likeness (QED) is 0.825. The van der Waals surface area contributed by atoms with Gasteiger partial charge >= 0.3 is 18.2 Å². The minimum atomic E-state index is -4.61. The van der Waals surface area contributed by atoms with Crippen LogP contribution in [0.3, 0.4) is 0 Å². The van der Waals surface area contributed by atoms with Crippen LogP contribution in [0.1, 0.15) is 12.8 Å². The summed E-state index contributed by atoms with van der Waals surface area (Å²) in [6.07, 6.45) is -2.65. The lowest BCUT2D eigenvalue weighted by Gasteiger charge is -2.24. The van der Waals surface area contributed by atoms with Crippen LogP contribution in [0.15, 0.2) is 0 Å². The van der Waals surface area contributed by atoms with Gasteiger partial charge in [0.2, 0.25) is 0 Å². The molecule has 2 aliphatic rings. The molecular formula is C13H19F3N2O3S. The van der Waals surface area contributed by atoms with Crippen molar-refractivity contribution in [1.82, 2.24) is 10.2 Å². The van der Waals surface area contributed by atoms with E-state index in [1.807, 2.05) is 11.8 Å². The number of carboxylic acids is 1. The lowest BCUT2D eigenvalue weighted by molar-refractivity contribution is -0.187. The number of urea groups is 1. The molecule has 5 nitrogen and oxygen atoms in total. The van der Waals surface area contributed by atoms with Gasteiger partial charge < -0.3 is 15.3 Å². The maximum absolute atomic E-state index is 12.9. The van der Waals surface area contributed by atoms with Crippen molar-refractivity contribution in [2.75, 3.05) is 31.1 Å². The van der Waals surface area contributed by atoms with Crippen molar-refractivity contribution in [2.45, 2.75) is 19.0 Å². The maximum Gasteiger partial charge on any atom is 0.394 e. The van der Waals surface area contributed by atoms with Gasteiger partial charge in [0.05, 0.1) is 11.8 Å². The van der Waals surface area contributed by atoms with Crippen molar-refractivity contribution in [2.24, 2.45) is 17.8 Å². The molecule has 9 heteroatoms. The second-order valence-electron chi connectivity index (χ2n) is 5.74. The van der Waals surface area contributed by atoms with E-state index in [-0.39, 0.29) is 0 Å². The van der Waals surface area contributed by atoms with Crippen LogP contribution >= 0.6 is 11.8 Å². The van der Waals surface area contributed by atoms with Gasteiger partial charge in [0.25, 0.3) is 0 Å². The Hall–Kier alpha value is -1.12. The third-order valence-corrected chi connectivity index (χ3v) is 5.28. The van der Waals surface area contributed by atoms with Crippen LogP contribution in [0.4, 0.5) is 18.0 Å². The van der Waals surface area contributed by atoms with Crippen molar-refractivity contribution in [3.8, 4) is 0 Å². The van der Waals surface area contributed by atoms with Gasteiger partial charge in [-0.1, -0.05) is 0 Å². The van der Waals surface area contributed by atoms with Crippen LogP contribution in [-0.4, -0.2) is 59.3 Å². The topological polar surface area (TPSA) is 69.6 Å². The number of aliphatic carboxylic acids is 1. The number of hydrogen-bond donors (Lipinski definition) is 2. The molecule has 0 aromatic rings. The SMILES string of the molecule is O=C(O)[C@@H]1CN(C(=O)NCC2CCSCC2)C[C@H]1C(F)(F)F. The van der Waals surface area contributed by atoms with Crippen LogP contribution in [0.25, 0.3) is 0 Å². The summed E-state index contributed by atoms with van der Waals surface area (Å²) >= 11 is 1.85. The smallest absolute Gasteiger partial charge is 0.394 e. The highest BCUT2D eigenvalue weighted by Crippen LogP contribution is 2.37. The van der Waals surface area contributed by atoms with Gasteiger partial charge in [-0.05, 0) is 30.3 Å². The van der Waals surface area contributed by atoms with Crippen LogP contribution in [0.5, 0.6) is 0 Å². The molecule has 2 fully saturated rings. The molecule has 0 spiro atoms. The molecule has 22 heavy (non-hydrogen) atoms. The Labute approximate surface area is 130 Å². The standard InChI is InChI=1S/C13H19F3N2O3S/c14-13(15,16)10-7-18(6-9(10)11(19)20)12(21)17-5-8-1-3-22-4-2-8/h8-10H,1-7H2,(H,17,21)(H,19,20)/t9-,10-/m1/s1. The van der Waals surface area contributed by atoms with E-state index in [0.29, 0.717) is 12.5 Å². The first kappa shape index (κ1) is 17.2. The Morgan fingerprint density at radius 1 is 1.23 bits per heavy atom. The van der Waals surface area contributed by atoms with E-state index in [1.165, 1.54) is 0 Å². The maximum atomic E-state index is 12.9. The molecular weight excluding hydrogens is 321 g/mol. The van der Waals surface area contributed by atoms with E-state index in [0.717, 1.165) is 29.2 Å². The molecule has 0 aromatic heterocycles. The predicted octanol–water partition coefficient (Wildman–Crippen LogP) is 2.03. The molecule has 2 saturated heterocycles. The first-order valence-corrected chi connectivity index (χ1v) is 8.34. The number of alkyl halides is 3. The van der Waals surface area contributed by atoms with Crippen molar-refractivity contribution in [3.63, 3.8) is 0 Å². The van der Waals surface area contributed by atoms with E-state index in [4.69, 9.17) is 5.11 Å². The number of carbonyl (C=O) groups is 2. The fraction of sp³-hybridized carbons (Fsp3) is 0.846. The second-order valence-corrected chi connectivity index (χ2v) is 6.96. The fourth-order valence-corrected chi connectivity index (χ4v) is 4.05. The summed E-state index contributed by atoms with van der Waals surface area (Å²) in [5, 5.41) is 11.6. The average Bonchev–Trinajstić information content (AvgIpc) is 2.91. The molecule has 0 radical (unpaired) electrons. The number of amides is 2. The Morgan fingerprint density at radius 2 is 1.86 bits per heavy atom. The van der Waals surface area contributed by atoms with E-state index in [1.54, 1.807) is 0 Å². The molecule has 0 bridgehead atoms. The zero-order valence-corrected chi connectivity index (χ0v) is 12.8. The molecule has 2 N–H and O–H groups in total. The average molecular weight is 340 g/mol. The van der Waals surface area contributed by atoms with E-state index in [2.05, 4.69) is 5.32 Å². The molecule has 2 atom stereocenters. The first-order chi connectivity index (χ1) is 10.3. The zero-order valence-electron chi connectivity index (χ0n) is 11.9. The summed E-state index contributed by atoms with van der Waals surface area (Å²) in [5.74, 6) is -2.69. The highest BCUT2D eigenvalue weighted by Gasteiger charge is 2.53. The van der Waals surface area contributed by atoms with Crippen molar-refractivity contribution in [1.29, 1.82) is 0 Å². The van der Waals surface area contributed by atoms with E-state index in [9.17, 15) is 22.8 Å². The van der Waals surface area contributed by atoms with Crippen molar-refractivity contribution in [3.05, 3.63) is 0 Å². The number of rotatable bonds is 3. The molecule has 0 aromatic carbocycles. The van der Waals surface area contributed by atoms with Crippen LogP contribution in [-0.2, 0) is 4.79 Å². The third kappa shape index (κ3) is 4.21. The summed E-state index contributed by atoms with van der Waals surface area (Å²) in [6.45, 7) is -0.553. The number of nitrogens with one attached hydrogen (secondary N) is 1. The fourth-order valence-electron chi connectivity index (χ4n) is 2.85. The van der Waals surface area contributed by atoms with E-state index < -0.39 is 43.1 Å². The number of carboxylic acid groups (broad SMARTS) is 1. The second kappa shape index (κ2) is 6.97. The lowest BCUT2D eigenvalue weighted by Crippen LogP contribution is -2.41. The van der Waals surface area contributed by atoms with Crippen LogP contribution < -0.4 is 5.32 Å². The number of nitrogens with zero attached hydrogens (tertiary/aromatic N) is 1. The summed E-state index contributed by atoms with van der Waals surface area (Å²) in [4.78, 5) is 23.9. The van der Waals surface area contributed by atoms with Crippen molar-refractivity contribution < 1.29 is 27.9 Å². The summed E-state index contributed by atoms with van der Waals surface area (Å²) in [6, 6.07) is -0.601. The van der Waals surface area contributed by atoms with Gasteiger partial charge in [-0.15, -0.1) is 0 Å². The normalized spacial score (nSPS) is 27.0. The largest absolute Gasteiger partial charge is 0.481 e. The Kier molecular flexibility index (Phi) is 5.46. The summed E-state index contributed by atoms with van der Waals surface area (Å²) < 4.78 is 38.6. The molecule has 0 aliphatic carbocycles. The number of thioether (sulfide) groups is 1. The summed E-state index contributed by atoms with van der Waals surface area (Å²) in [7, 11) is 0. The zero-order chi connectivity index (χ0) is 16.3. The van der Waals surface area contributed by atoms with Crippen LogP contribution in [0.2, 0.25) is 0 Å². The lowest BCUT2D eigenvalue weighted by atomic mass is 9.96. The number of likely N-dealkylation sites (tertiary alicyclic amines) is 1. The van der Waals surface area contributed by atoms with Gasteiger partial charge in [0.1, 0.15) is 0 Å². The van der Waals surface area contributed by atoms with Gasteiger partial charge in [-0.3, -0.25) is 4.79 Å². The molecule has 2 amide bonds. The van der Waals surface area contributed by atoms with Gasteiger partial charge in [0, 0.05) is 19.6 Å². The Bertz CT molecular complexity index is 427. The Balaban J connectivity index is 1.89. The number of carbonyl (C=O) groups excluding carboxylic acids is 1. The van der Waals surface area contributed by atoms with Crippen LogP contribution in [0, 0.1) is 17.8 Å².